The summed E-state index contributed by atoms with van der Waals surface area (Å²) in [5, 5.41) is 12.0. The maximum Gasteiger partial charge on any atom is 0.225 e. The molecule has 3 rings (SSSR count). The van der Waals surface area contributed by atoms with E-state index >= 15 is 0 Å². The first-order chi connectivity index (χ1) is 13.6. The van der Waals surface area contributed by atoms with Gasteiger partial charge in [0.05, 0.1) is 6.54 Å². The first-order valence-corrected chi connectivity index (χ1v) is 10.1. The fraction of sp³-hybridized carbons (Fsp3) is 0.409. The maximum atomic E-state index is 12.4. The molecule has 148 valence electrons. The number of nitrogens with zero attached hydrogens (tertiary/aromatic N) is 3. The maximum absolute atomic E-state index is 12.4. The summed E-state index contributed by atoms with van der Waals surface area (Å²) in [6, 6.07) is 11.4. The van der Waals surface area contributed by atoms with Crippen LogP contribution in [0.15, 0.2) is 36.4 Å². The molecule has 2 heterocycles. The average Bonchev–Trinajstić information content (AvgIpc) is 3.29. The Bertz CT molecular complexity index is 910. The number of nitrogens with one attached hydrogen (secondary N) is 2. The van der Waals surface area contributed by atoms with Gasteiger partial charge >= 0.3 is 0 Å². The van der Waals surface area contributed by atoms with Gasteiger partial charge in [-0.05, 0) is 25.8 Å². The summed E-state index contributed by atoms with van der Waals surface area (Å²) in [6.45, 7) is 7.39. The molecule has 0 amide bonds. The number of H-pyrrole nitrogens is 1. The predicted molar refractivity (Wildman–Crippen MR) is 113 cm³/mol. The first-order valence-electron chi connectivity index (χ1n) is 10.1. The van der Waals surface area contributed by atoms with Crippen molar-refractivity contribution in [3.05, 3.63) is 53.3 Å². The zero-order valence-corrected chi connectivity index (χ0v) is 17.0. The number of ketones is 1. The second-order valence-corrected chi connectivity index (χ2v) is 7.05. The normalized spacial score (nSPS) is 11.0. The molecule has 3 aromatic rings. The van der Waals surface area contributed by atoms with Crippen LogP contribution in [0.1, 0.15) is 54.9 Å². The van der Waals surface area contributed by atoms with Crippen molar-refractivity contribution in [2.24, 2.45) is 0 Å². The molecule has 2 aromatic heterocycles. The van der Waals surface area contributed by atoms with E-state index < -0.39 is 0 Å². The third-order valence-corrected chi connectivity index (χ3v) is 4.87. The SMILES string of the molecule is CCCCCn1c(NCC(=O)c2ccccc2)nnc1-c1cc(C)[nH]c1CC. The summed E-state index contributed by atoms with van der Waals surface area (Å²) in [5.41, 5.74) is 4.06. The summed E-state index contributed by atoms with van der Waals surface area (Å²) in [4.78, 5) is 15.9. The third kappa shape index (κ3) is 4.50. The van der Waals surface area contributed by atoms with Crippen molar-refractivity contribution in [1.82, 2.24) is 19.7 Å². The lowest BCUT2D eigenvalue weighted by Gasteiger charge is -2.11. The molecular weight excluding hydrogens is 350 g/mol. The van der Waals surface area contributed by atoms with Crippen LogP contribution in [0.4, 0.5) is 5.95 Å². The Morgan fingerprint density at radius 1 is 1.14 bits per heavy atom. The highest BCUT2D eigenvalue weighted by molar-refractivity contribution is 5.98. The van der Waals surface area contributed by atoms with E-state index in [1.165, 1.54) is 0 Å². The summed E-state index contributed by atoms with van der Waals surface area (Å²) in [6.07, 6.45) is 4.25. The van der Waals surface area contributed by atoms with E-state index in [1.807, 2.05) is 30.3 Å². The summed E-state index contributed by atoms with van der Waals surface area (Å²) < 4.78 is 2.11. The van der Waals surface area contributed by atoms with Crippen LogP contribution in [0.5, 0.6) is 0 Å². The van der Waals surface area contributed by atoms with Crippen molar-refractivity contribution < 1.29 is 4.79 Å². The smallest absolute Gasteiger partial charge is 0.225 e. The first kappa shape index (κ1) is 19.9. The highest BCUT2D eigenvalue weighted by Gasteiger charge is 2.18. The largest absolute Gasteiger partial charge is 0.362 e. The molecule has 1 aromatic carbocycles. The number of carbonyl (C=O) groups excluding carboxylic acids is 1. The number of rotatable bonds is 10. The minimum absolute atomic E-state index is 0.0389. The van der Waals surface area contributed by atoms with Crippen LogP contribution in [0.3, 0.4) is 0 Å². The zero-order valence-electron chi connectivity index (χ0n) is 17.0. The van der Waals surface area contributed by atoms with Crippen molar-refractivity contribution in [3.8, 4) is 11.4 Å². The van der Waals surface area contributed by atoms with Crippen LogP contribution < -0.4 is 5.32 Å². The Balaban J connectivity index is 1.84. The van der Waals surface area contributed by atoms with Gasteiger partial charge in [0.1, 0.15) is 0 Å². The standard InChI is InChI=1S/C22H29N5O/c1-4-6-10-13-27-21(18-14-16(3)24-19(18)5-2)25-26-22(27)23-15-20(28)17-11-8-7-9-12-17/h7-9,11-12,14,24H,4-6,10,13,15H2,1-3H3,(H,23,26). The van der Waals surface area contributed by atoms with Crippen LogP contribution >= 0.6 is 0 Å². The van der Waals surface area contributed by atoms with E-state index in [9.17, 15) is 4.79 Å². The minimum atomic E-state index is 0.0389. The number of carbonyl (C=O) groups is 1. The van der Waals surface area contributed by atoms with Gasteiger partial charge in [-0.25, -0.2) is 0 Å². The van der Waals surface area contributed by atoms with Crippen molar-refractivity contribution in [2.45, 2.75) is 53.0 Å². The van der Waals surface area contributed by atoms with Crippen LogP contribution in [-0.4, -0.2) is 32.1 Å². The van der Waals surface area contributed by atoms with E-state index in [0.29, 0.717) is 11.5 Å². The molecule has 2 N–H and O–H groups in total. The van der Waals surface area contributed by atoms with Crippen LogP contribution in [0.2, 0.25) is 0 Å². The highest BCUT2D eigenvalue weighted by atomic mass is 16.1. The van der Waals surface area contributed by atoms with Gasteiger partial charge in [-0.3, -0.25) is 9.36 Å². The van der Waals surface area contributed by atoms with Crippen LogP contribution in [0.25, 0.3) is 11.4 Å². The van der Waals surface area contributed by atoms with Gasteiger partial charge in [-0.15, -0.1) is 10.2 Å². The van der Waals surface area contributed by atoms with Crippen molar-refractivity contribution in [3.63, 3.8) is 0 Å². The number of aromatic amines is 1. The van der Waals surface area contributed by atoms with Gasteiger partial charge in [0.15, 0.2) is 11.6 Å². The Morgan fingerprint density at radius 3 is 2.64 bits per heavy atom. The lowest BCUT2D eigenvalue weighted by atomic mass is 10.1. The van der Waals surface area contributed by atoms with Gasteiger partial charge in [-0.2, -0.15) is 0 Å². The highest BCUT2D eigenvalue weighted by Crippen LogP contribution is 2.26. The fourth-order valence-electron chi connectivity index (χ4n) is 3.37. The molecule has 0 bridgehead atoms. The second kappa shape index (κ2) is 9.35. The summed E-state index contributed by atoms with van der Waals surface area (Å²) in [7, 11) is 0. The van der Waals surface area contributed by atoms with Crippen molar-refractivity contribution in [1.29, 1.82) is 0 Å². The lowest BCUT2D eigenvalue weighted by Crippen LogP contribution is -2.17. The molecule has 6 nitrogen and oxygen atoms in total. The van der Waals surface area contributed by atoms with Gasteiger partial charge in [0, 0.05) is 29.1 Å². The Hall–Kier alpha value is -2.89. The number of Topliss-reactive ketones (excluding diaryl/α,β-unsaturated/α-hetero) is 1. The zero-order chi connectivity index (χ0) is 19.9. The number of aryl methyl sites for hydroxylation is 2. The van der Waals surface area contributed by atoms with E-state index in [1.54, 1.807) is 0 Å². The fourth-order valence-corrected chi connectivity index (χ4v) is 3.37. The van der Waals surface area contributed by atoms with Gasteiger partial charge in [0.25, 0.3) is 0 Å². The Labute approximate surface area is 166 Å². The van der Waals surface area contributed by atoms with Crippen molar-refractivity contribution in [2.75, 3.05) is 11.9 Å². The molecular formula is C22H29N5O. The van der Waals surface area contributed by atoms with E-state index in [2.05, 4.69) is 51.9 Å². The number of hydrogen-bond donors (Lipinski definition) is 2. The van der Waals surface area contributed by atoms with Crippen LogP contribution in [0, 0.1) is 6.92 Å². The number of benzene rings is 1. The molecule has 0 aliphatic heterocycles. The van der Waals surface area contributed by atoms with Crippen molar-refractivity contribution >= 4 is 11.7 Å². The molecule has 0 saturated heterocycles. The molecule has 0 aliphatic carbocycles. The quantitative estimate of drug-likeness (QED) is 0.398. The monoisotopic (exact) mass is 379 g/mol. The number of aromatic nitrogens is 4. The molecule has 28 heavy (non-hydrogen) atoms. The molecule has 0 saturated carbocycles. The Morgan fingerprint density at radius 2 is 1.93 bits per heavy atom. The third-order valence-electron chi connectivity index (χ3n) is 4.87. The summed E-state index contributed by atoms with van der Waals surface area (Å²) in [5.74, 6) is 1.54. The second-order valence-electron chi connectivity index (χ2n) is 7.05. The molecule has 0 aliphatic rings. The number of anilines is 1. The molecule has 0 atom stereocenters. The van der Waals surface area contributed by atoms with E-state index in [0.717, 1.165) is 55.0 Å². The van der Waals surface area contributed by atoms with Gasteiger partial charge in [0.2, 0.25) is 5.95 Å². The molecule has 0 unspecified atom stereocenters. The van der Waals surface area contributed by atoms with Gasteiger partial charge < -0.3 is 10.3 Å². The Kier molecular flexibility index (Phi) is 6.63. The molecule has 0 fully saturated rings. The van der Waals surface area contributed by atoms with Gasteiger partial charge in [-0.1, -0.05) is 57.0 Å². The number of unbranched alkanes of at least 4 members (excludes halogenated alkanes) is 2. The molecule has 6 heteroatoms. The van der Waals surface area contributed by atoms with E-state index in [-0.39, 0.29) is 12.3 Å². The average molecular weight is 380 g/mol. The predicted octanol–water partition coefficient (Wildman–Crippen LogP) is 4.63. The molecule has 0 radical (unpaired) electrons. The van der Waals surface area contributed by atoms with Crippen LogP contribution in [-0.2, 0) is 13.0 Å². The minimum Gasteiger partial charge on any atom is -0.362 e. The lowest BCUT2D eigenvalue weighted by molar-refractivity contribution is 0.101. The summed E-state index contributed by atoms with van der Waals surface area (Å²) >= 11 is 0. The topological polar surface area (TPSA) is 75.6 Å². The number of hydrogen-bond acceptors (Lipinski definition) is 4. The molecule has 0 spiro atoms. The van der Waals surface area contributed by atoms with E-state index in [4.69, 9.17) is 0 Å².